The van der Waals surface area contributed by atoms with Crippen molar-refractivity contribution in [2.24, 2.45) is 5.73 Å². The summed E-state index contributed by atoms with van der Waals surface area (Å²) in [5, 5.41) is 3.49. The summed E-state index contributed by atoms with van der Waals surface area (Å²) in [7, 11) is 0. The van der Waals surface area contributed by atoms with Crippen LogP contribution in [0.2, 0.25) is 5.02 Å². The Labute approximate surface area is 134 Å². The van der Waals surface area contributed by atoms with Gasteiger partial charge in [0.15, 0.2) is 0 Å². The smallest absolute Gasteiger partial charge is 0.251 e. The van der Waals surface area contributed by atoms with Crippen molar-refractivity contribution in [1.82, 2.24) is 5.32 Å². The van der Waals surface area contributed by atoms with Crippen LogP contribution in [-0.4, -0.2) is 10.9 Å². The molecular weight excluding hydrogens is 304 g/mol. The number of rotatable bonds is 5. The molecule has 0 radical (unpaired) electrons. The zero-order valence-electron chi connectivity index (χ0n) is 11.3. The summed E-state index contributed by atoms with van der Waals surface area (Å²) in [5.74, 6) is -0.142. The van der Waals surface area contributed by atoms with Gasteiger partial charge in [-0.25, -0.2) is 0 Å². The second-order valence-electron chi connectivity index (χ2n) is 4.61. The standard InChI is InChI=1S/C16H15ClN2OS/c17-14-4-2-1-3-13(14)10-19-16(20)12-7-5-11(6-8-12)9-15(18)21/h1-8H,9-10H2,(H2,18,21)(H,19,20). The average Bonchev–Trinajstić information content (AvgIpc) is 2.46. The third-order valence-corrected chi connectivity index (χ3v) is 3.50. The molecule has 0 bridgehead atoms. The predicted octanol–water partition coefficient (Wildman–Crippen LogP) is 3.10. The van der Waals surface area contributed by atoms with Crippen LogP contribution in [0.5, 0.6) is 0 Å². The Morgan fingerprint density at radius 3 is 2.43 bits per heavy atom. The van der Waals surface area contributed by atoms with Crippen LogP contribution in [0.3, 0.4) is 0 Å². The Hall–Kier alpha value is -1.91. The minimum absolute atomic E-state index is 0.142. The Morgan fingerprint density at radius 1 is 1.14 bits per heavy atom. The largest absolute Gasteiger partial charge is 0.393 e. The Bertz CT molecular complexity index is 656. The molecule has 0 saturated carbocycles. The predicted molar refractivity (Wildman–Crippen MR) is 89.6 cm³/mol. The van der Waals surface area contributed by atoms with Gasteiger partial charge in [0.2, 0.25) is 0 Å². The van der Waals surface area contributed by atoms with E-state index >= 15 is 0 Å². The number of amides is 1. The first-order valence-corrected chi connectivity index (χ1v) is 7.24. The SMILES string of the molecule is NC(=S)Cc1ccc(C(=O)NCc2ccccc2Cl)cc1. The third kappa shape index (κ3) is 4.55. The number of thiocarbonyl (C=S) groups is 1. The summed E-state index contributed by atoms with van der Waals surface area (Å²) in [5.41, 5.74) is 7.96. The van der Waals surface area contributed by atoms with E-state index in [4.69, 9.17) is 29.6 Å². The van der Waals surface area contributed by atoms with Gasteiger partial charge in [-0.05, 0) is 29.3 Å². The quantitative estimate of drug-likeness (QED) is 0.833. The highest BCUT2D eigenvalue weighted by Gasteiger charge is 2.06. The second kappa shape index (κ2) is 7.20. The molecule has 0 aliphatic rings. The van der Waals surface area contributed by atoms with Gasteiger partial charge in [-0.2, -0.15) is 0 Å². The number of carbonyl (C=O) groups excluding carboxylic acids is 1. The van der Waals surface area contributed by atoms with Crippen molar-refractivity contribution in [2.45, 2.75) is 13.0 Å². The molecule has 108 valence electrons. The van der Waals surface area contributed by atoms with Gasteiger partial charge in [-0.15, -0.1) is 0 Å². The summed E-state index contributed by atoms with van der Waals surface area (Å²) in [6.45, 7) is 0.396. The lowest BCUT2D eigenvalue weighted by Crippen LogP contribution is -2.23. The van der Waals surface area contributed by atoms with Crippen LogP contribution < -0.4 is 11.1 Å². The molecule has 0 atom stereocenters. The molecule has 5 heteroatoms. The minimum Gasteiger partial charge on any atom is -0.393 e. The Kier molecular flexibility index (Phi) is 5.31. The zero-order chi connectivity index (χ0) is 15.2. The number of hydrogen-bond donors (Lipinski definition) is 2. The lowest BCUT2D eigenvalue weighted by molar-refractivity contribution is 0.0951. The Balaban J connectivity index is 1.97. The van der Waals surface area contributed by atoms with Crippen molar-refractivity contribution in [3.63, 3.8) is 0 Å². The van der Waals surface area contributed by atoms with Gasteiger partial charge in [0.05, 0.1) is 4.99 Å². The number of nitrogens with one attached hydrogen (secondary N) is 1. The molecule has 0 heterocycles. The molecule has 3 nitrogen and oxygen atoms in total. The number of benzene rings is 2. The third-order valence-electron chi connectivity index (χ3n) is 2.99. The van der Waals surface area contributed by atoms with E-state index in [0.29, 0.717) is 28.5 Å². The molecule has 3 N–H and O–H groups in total. The highest BCUT2D eigenvalue weighted by atomic mass is 35.5. The van der Waals surface area contributed by atoms with Gasteiger partial charge in [-0.1, -0.05) is 54.2 Å². The molecule has 0 unspecified atom stereocenters. The molecule has 2 rings (SSSR count). The van der Waals surface area contributed by atoms with Crippen molar-refractivity contribution < 1.29 is 4.79 Å². The minimum atomic E-state index is -0.142. The summed E-state index contributed by atoms with van der Waals surface area (Å²) < 4.78 is 0. The normalized spacial score (nSPS) is 10.1. The van der Waals surface area contributed by atoms with Gasteiger partial charge in [0.25, 0.3) is 5.91 Å². The van der Waals surface area contributed by atoms with Crippen LogP contribution >= 0.6 is 23.8 Å². The van der Waals surface area contributed by atoms with Gasteiger partial charge in [0.1, 0.15) is 0 Å². The van der Waals surface area contributed by atoms with Crippen LogP contribution in [0.4, 0.5) is 0 Å². The molecule has 21 heavy (non-hydrogen) atoms. The first-order valence-electron chi connectivity index (χ1n) is 6.45. The molecule has 0 fully saturated rings. The summed E-state index contributed by atoms with van der Waals surface area (Å²) >= 11 is 10.9. The number of carbonyl (C=O) groups is 1. The summed E-state index contributed by atoms with van der Waals surface area (Å²) in [6, 6.07) is 14.6. The van der Waals surface area contributed by atoms with E-state index in [1.165, 1.54) is 0 Å². The molecule has 0 aromatic heterocycles. The fourth-order valence-electron chi connectivity index (χ4n) is 1.89. The topological polar surface area (TPSA) is 55.1 Å². The van der Waals surface area contributed by atoms with E-state index in [1.54, 1.807) is 18.2 Å². The molecule has 1 amide bonds. The van der Waals surface area contributed by atoms with Crippen LogP contribution in [0.25, 0.3) is 0 Å². The molecule has 0 saturated heterocycles. The molecule has 0 aliphatic carbocycles. The first kappa shape index (κ1) is 15.5. The van der Waals surface area contributed by atoms with Crippen molar-refractivity contribution in [1.29, 1.82) is 0 Å². The Morgan fingerprint density at radius 2 is 1.81 bits per heavy atom. The maximum Gasteiger partial charge on any atom is 0.251 e. The lowest BCUT2D eigenvalue weighted by Gasteiger charge is -2.07. The maximum absolute atomic E-state index is 12.1. The van der Waals surface area contributed by atoms with Crippen LogP contribution in [-0.2, 0) is 13.0 Å². The monoisotopic (exact) mass is 318 g/mol. The van der Waals surface area contributed by atoms with E-state index in [1.807, 2.05) is 30.3 Å². The van der Waals surface area contributed by atoms with Crippen LogP contribution in [0, 0.1) is 0 Å². The van der Waals surface area contributed by atoms with Gasteiger partial charge < -0.3 is 11.1 Å². The number of halogens is 1. The first-order chi connectivity index (χ1) is 10.1. The van der Waals surface area contributed by atoms with Gasteiger partial charge in [-0.3, -0.25) is 4.79 Å². The number of hydrogen-bond acceptors (Lipinski definition) is 2. The van der Waals surface area contributed by atoms with E-state index in [0.717, 1.165) is 11.1 Å². The van der Waals surface area contributed by atoms with Crippen molar-refractivity contribution in [3.05, 3.63) is 70.2 Å². The van der Waals surface area contributed by atoms with Gasteiger partial charge >= 0.3 is 0 Å². The zero-order valence-corrected chi connectivity index (χ0v) is 12.9. The van der Waals surface area contributed by atoms with E-state index in [2.05, 4.69) is 5.32 Å². The molecule has 0 aliphatic heterocycles. The molecule has 2 aromatic rings. The van der Waals surface area contributed by atoms with Gasteiger partial charge in [0, 0.05) is 23.6 Å². The number of nitrogens with two attached hydrogens (primary N) is 1. The summed E-state index contributed by atoms with van der Waals surface area (Å²) in [6.07, 6.45) is 0.539. The van der Waals surface area contributed by atoms with Crippen molar-refractivity contribution in [2.75, 3.05) is 0 Å². The average molecular weight is 319 g/mol. The second-order valence-corrected chi connectivity index (χ2v) is 5.55. The maximum atomic E-state index is 12.1. The van der Waals surface area contributed by atoms with E-state index < -0.39 is 0 Å². The van der Waals surface area contributed by atoms with Crippen LogP contribution in [0.15, 0.2) is 48.5 Å². The van der Waals surface area contributed by atoms with E-state index in [9.17, 15) is 4.79 Å². The summed E-state index contributed by atoms with van der Waals surface area (Å²) in [4.78, 5) is 12.5. The van der Waals surface area contributed by atoms with Crippen molar-refractivity contribution in [3.8, 4) is 0 Å². The molecule has 2 aromatic carbocycles. The van der Waals surface area contributed by atoms with Crippen molar-refractivity contribution >= 4 is 34.7 Å². The highest BCUT2D eigenvalue weighted by Crippen LogP contribution is 2.14. The highest BCUT2D eigenvalue weighted by molar-refractivity contribution is 7.80. The molecular formula is C16H15ClN2OS. The molecule has 0 spiro atoms. The lowest BCUT2D eigenvalue weighted by atomic mass is 10.1. The fourth-order valence-corrected chi connectivity index (χ4v) is 2.26. The van der Waals surface area contributed by atoms with Crippen LogP contribution in [0.1, 0.15) is 21.5 Å². The fraction of sp³-hybridized carbons (Fsp3) is 0.125. The van der Waals surface area contributed by atoms with E-state index in [-0.39, 0.29) is 5.91 Å².